The van der Waals surface area contributed by atoms with Crippen LogP contribution in [0.2, 0.25) is 0 Å². The van der Waals surface area contributed by atoms with Gasteiger partial charge < -0.3 is 10.2 Å². The van der Waals surface area contributed by atoms with Crippen molar-refractivity contribution in [3.05, 3.63) is 65.2 Å². The normalized spacial score (nSPS) is 14.4. The fraction of sp³-hybridized carbons (Fsp3) is 0.318. The van der Waals surface area contributed by atoms with Crippen LogP contribution in [0.3, 0.4) is 0 Å². The van der Waals surface area contributed by atoms with Gasteiger partial charge in [-0.15, -0.1) is 0 Å². The minimum absolute atomic E-state index is 0.0327. The molecule has 2 N–H and O–H groups in total. The minimum atomic E-state index is -0.268. The third kappa shape index (κ3) is 5.16. The molecule has 2 aromatic carbocycles. The summed E-state index contributed by atoms with van der Waals surface area (Å²) in [4.78, 5) is 26.9. The smallest absolute Gasteiger partial charge is 0.257 e. The molecule has 5 nitrogen and oxygen atoms in total. The molecule has 0 saturated carbocycles. The molecule has 0 bridgehead atoms. The first-order valence-corrected chi connectivity index (χ1v) is 9.91. The van der Waals surface area contributed by atoms with Crippen molar-refractivity contribution in [2.24, 2.45) is 5.92 Å². The number of benzene rings is 2. The molecule has 0 aliphatic carbocycles. The first-order chi connectivity index (χ1) is 13.4. The standard InChI is InChI=1S/C22H25N3O2S/c1-15-9-11-25(12-10-15)21(27)18-7-4-8-19(14-18)23-22(28)24-20(26)17-6-3-5-16(2)13-17/h3-8,13-15H,9-12H2,1-2H3,(H2,23,24,26,28). The van der Waals surface area contributed by atoms with Crippen molar-refractivity contribution in [2.75, 3.05) is 18.4 Å². The first kappa shape index (κ1) is 20.0. The highest BCUT2D eigenvalue weighted by Crippen LogP contribution is 2.19. The summed E-state index contributed by atoms with van der Waals surface area (Å²) in [6, 6.07) is 14.5. The lowest BCUT2D eigenvalue weighted by molar-refractivity contribution is 0.0697. The van der Waals surface area contributed by atoms with Crippen molar-refractivity contribution in [1.82, 2.24) is 10.2 Å². The Morgan fingerprint density at radius 3 is 2.43 bits per heavy atom. The molecule has 0 radical (unpaired) electrons. The number of thiocarbonyl (C=S) groups is 1. The number of hydrogen-bond donors (Lipinski definition) is 2. The molecule has 1 saturated heterocycles. The maximum atomic E-state index is 12.7. The van der Waals surface area contributed by atoms with Gasteiger partial charge >= 0.3 is 0 Å². The van der Waals surface area contributed by atoms with Gasteiger partial charge in [0, 0.05) is 29.9 Å². The Bertz CT molecular complexity index is 889. The van der Waals surface area contributed by atoms with Crippen molar-refractivity contribution in [2.45, 2.75) is 26.7 Å². The quantitative estimate of drug-likeness (QED) is 0.772. The van der Waals surface area contributed by atoms with Crippen LogP contribution in [0, 0.1) is 12.8 Å². The second kappa shape index (κ2) is 8.97. The highest BCUT2D eigenvalue weighted by molar-refractivity contribution is 7.80. The molecule has 0 unspecified atom stereocenters. The highest BCUT2D eigenvalue weighted by Gasteiger charge is 2.21. The summed E-state index contributed by atoms with van der Waals surface area (Å²) < 4.78 is 0. The van der Waals surface area contributed by atoms with Crippen LogP contribution in [0.1, 0.15) is 46.0 Å². The molecular formula is C22H25N3O2S. The lowest BCUT2D eigenvalue weighted by atomic mass is 9.98. The molecule has 1 aliphatic rings. The molecule has 28 heavy (non-hydrogen) atoms. The van der Waals surface area contributed by atoms with Gasteiger partial charge in [-0.2, -0.15) is 0 Å². The van der Waals surface area contributed by atoms with Crippen LogP contribution in [0.15, 0.2) is 48.5 Å². The number of carbonyl (C=O) groups is 2. The van der Waals surface area contributed by atoms with Gasteiger partial charge in [0.15, 0.2) is 5.11 Å². The van der Waals surface area contributed by atoms with Crippen LogP contribution in [0.4, 0.5) is 5.69 Å². The van der Waals surface area contributed by atoms with Gasteiger partial charge in [-0.25, -0.2) is 0 Å². The van der Waals surface area contributed by atoms with Crippen molar-refractivity contribution < 1.29 is 9.59 Å². The number of aryl methyl sites for hydroxylation is 1. The minimum Gasteiger partial charge on any atom is -0.339 e. The van der Waals surface area contributed by atoms with Crippen LogP contribution >= 0.6 is 12.2 Å². The summed E-state index contributed by atoms with van der Waals surface area (Å²) in [7, 11) is 0. The molecular weight excluding hydrogens is 370 g/mol. The number of amides is 2. The van der Waals surface area contributed by atoms with Gasteiger partial charge in [-0.05, 0) is 68.2 Å². The van der Waals surface area contributed by atoms with Crippen LogP contribution in [0.25, 0.3) is 0 Å². The Labute approximate surface area is 171 Å². The number of hydrogen-bond acceptors (Lipinski definition) is 3. The molecule has 6 heteroatoms. The monoisotopic (exact) mass is 395 g/mol. The summed E-state index contributed by atoms with van der Waals surface area (Å²) in [6.45, 7) is 5.74. The zero-order valence-corrected chi connectivity index (χ0v) is 17.0. The van der Waals surface area contributed by atoms with E-state index in [9.17, 15) is 9.59 Å². The van der Waals surface area contributed by atoms with Crippen LogP contribution in [-0.4, -0.2) is 34.9 Å². The summed E-state index contributed by atoms with van der Waals surface area (Å²) in [5.41, 5.74) is 2.84. The fourth-order valence-corrected chi connectivity index (χ4v) is 3.46. The van der Waals surface area contributed by atoms with E-state index >= 15 is 0 Å². The molecule has 1 fully saturated rings. The lowest BCUT2D eigenvalue weighted by Gasteiger charge is -2.30. The average Bonchev–Trinajstić information content (AvgIpc) is 2.68. The van der Waals surface area contributed by atoms with E-state index in [0.717, 1.165) is 31.5 Å². The SMILES string of the molecule is Cc1cccc(C(=O)NC(=S)Nc2cccc(C(=O)N3CCC(C)CC3)c2)c1. The molecule has 1 heterocycles. The van der Waals surface area contributed by atoms with Gasteiger partial charge in [0.1, 0.15) is 0 Å². The third-order valence-corrected chi connectivity index (χ3v) is 5.15. The lowest BCUT2D eigenvalue weighted by Crippen LogP contribution is -2.38. The summed E-state index contributed by atoms with van der Waals surface area (Å²) >= 11 is 5.25. The summed E-state index contributed by atoms with van der Waals surface area (Å²) in [5, 5.41) is 5.86. The number of piperidine rings is 1. The van der Waals surface area contributed by atoms with Gasteiger partial charge in [0.25, 0.3) is 11.8 Å². The maximum absolute atomic E-state index is 12.7. The Morgan fingerprint density at radius 2 is 1.71 bits per heavy atom. The van der Waals surface area contributed by atoms with Gasteiger partial charge in [-0.1, -0.05) is 30.7 Å². The van der Waals surface area contributed by atoms with E-state index in [2.05, 4.69) is 17.6 Å². The van der Waals surface area contributed by atoms with E-state index < -0.39 is 0 Å². The average molecular weight is 396 g/mol. The Hall–Kier alpha value is -2.73. The zero-order chi connectivity index (χ0) is 20.1. The molecule has 1 aliphatic heterocycles. The van der Waals surface area contributed by atoms with E-state index in [1.807, 2.05) is 36.1 Å². The van der Waals surface area contributed by atoms with Crippen LogP contribution < -0.4 is 10.6 Å². The van der Waals surface area contributed by atoms with Crippen LogP contribution in [0.5, 0.6) is 0 Å². The number of anilines is 1. The Morgan fingerprint density at radius 1 is 1.04 bits per heavy atom. The van der Waals surface area contributed by atoms with Crippen molar-refractivity contribution in [3.63, 3.8) is 0 Å². The van der Waals surface area contributed by atoms with Gasteiger partial charge in [0.05, 0.1) is 0 Å². The van der Waals surface area contributed by atoms with Crippen LogP contribution in [-0.2, 0) is 0 Å². The summed E-state index contributed by atoms with van der Waals surface area (Å²) in [6.07, 6.45) is 2.08. The van der Waals surface area contributed by atoms with Crippen molar-refractivity contribution in [3.8, 4) is 0 Å². The van der Waals surface area contributed by atoms with Gasteiger partial charge in [-0.3, -0.25) is 14.9 Å². The van der Waals surface area contributed by atoms with E-state index in [1.54, 1.807) is 24.3 Å². The molecule has 0 aromatic heterocycles. The fourth-order valence-electron chi connectivity index (χ4n) is 3.25. The van der Waals surface area contributed by atoms with Gasteiger partial charge in [0.2, 0.25) is 0 Å². The predicted molar refractivity (Wildman–Crippen MR) is 116 cm³/mol. The Kier molecular flexibility index (Phi) is 6.41. The second-order valence-electron chi connectivity index (χ2n) is 7.33. The van der Waals surface area contributed by atoms with E-state index in [4.69, 9.17) is 12.2 Å². The highest BCUT2D eigenvalue weighted by atomic mass is 32.1. The number of nitrogens with one attached hydrogen (secondary N) is 2. The first-order valence-electron chi connectivity index (χ1n) is 9.51. The molecule has 2 amide bonds. The van der Waals surface area contributed by atoms with E-state index in [0.29, 0.717) is 22.7 Å². The number of nitrogens with zero attached hydrogens (tertiary/aromatic N) is 1. The summed E-state index contributed by atoms with van der Waals surface area (Å²) in [5.74, 6) is 0.438. The Balaban J connectivity index is 1.61. The number of likely N-dealkylation sites (tertiary alicyclic amines) is 1. The number of rotatable bonds is 3. The molecule has 0 spiro atoms. The molecule has 3 rings (SSSR count). The topological polar surface area (TPSA) is 61.4 Å². The second-order valence-corrected chi connectivity index (χ2v) is 7.74. The van der Waals surface area contributed by atoms with Crippen molar-refractivity contribution in [1.29, 1.82) is 0 Å². The number of carbonyl (C=O) groups excluding carboxylic acids is 2. The van der Waals surface area contributed by atoms with Crippen molar-refractivity contribution >= 4 is 34.8 Å². The molecule has 0 atom stereocenters. The largest absolute Gasteiger partial charge is 0.339 e. The maximum Gasteiger partial charge on any atom is 0.257 e. The third-order valence-electron chi connectivity index (χ3n) is 4.95. The molecule has 2 aromatic rings. The van der Waals surface area contributed by atoms with E-state index in [-0.39, 0.29) is 16.9 Å². The molecule has 146 valence electrons. The predicted octanol–water partition coefficient (Wildman–Crippen LogP) is 3.99. The van der Waals surface area contributed by atoms with E-state index in [1.165, 1.54) is 0 Å². The zero-order valence-electron chi connectivity index (χ0n) is 16.2.